The first kappa shape index (κ1) is 17.9. The zero-order valence-corrected chi connectivity index (χ0v) is 16.6. The Morgan fingerprint density at radius 3 is 2.54 bits per heavy atom. The van der Waals surface area contributed by atoms with Gasteiger partial charge in [0, 0.05) is 39.7 Å². The molecule has 2 aromatic rings. The van der Waals surface area contributed by atoms with Crippen LogP contribution < -0.4 is 4.90 Å². The fraction of sp³-hybridized carbons (Fsp3) is 0.455. The summed E-state index contributed by atoms with van der Waals surface area (Å²) in [5.41, 5.74) is 2.51. The van der Waals surface area contributed by atoms with Crippen molar-refractivity contribution in [3.8, 4) is 0 Å². The highest BCUT2D eigenvalue weighted by atomic mass is 32.2. The summed E-state index contributed by atoms with van der Waals surface area (Å²) >= 11 is 1.79. The molecule has 0 bridgehead atoms. The minimum absolute atomic E-state index is 0.749. The first-order valence-corrected chi connectivity index (χ1v) is 10.4. The molecule has 1 atom stereocenters. The molecule has 2 aliphatic rings. The Morgan fingerprint density at radius 2 is 1.77 bits per heavy atom. The van der Waals surface area contributed by atoms with Gasteiger partial charge in [-0.15, -0.1) is 0 Å². The van der Waals surface area contributed by atoms with Gasteiger partial charge in [-0.05, 0) is 70.6 Å². The number of hydrogen-bond donors (Lipinski definition) is 1. The Balaban J connectivity index is 1.74. The van der Waals surface area contributed by atoms with Crippen LogP contribution in [0.15, 0.2) is 52.3 Å². The molecule has 4 heteroatoms. The molecule has 2 aromatic carbocycles. The summed E-state index contributed by atoms with van der Waals surface area (Å²) in [7, 11) is 4.18. The van der Waals surface area contributed by atoms with Gasteiger partial charge < -0.3 is 14.9 Å². The highest BCUT2D eigenvalue weighted by Crippen LogP contribution is 2.50. The van der Waals surface area contributed by atoms with Crippen molar-refractivity contribution in [2.24, 2.45) is 0 Å². The van der Waals surface area contributed by atoms with Crippen molar-refractivity contribution in [1.82, 2.24) is 4.90 Å². The van der Waals surface area contributed by atoms with Crippen LogP contribution in [0.5, 0.6) is 0 Å². The summed E-state index contributed by atoms with van der Waals surface area (Å²) in [6, 6.07) is 15.0. The standard InChI is InChI=1S/C22H28N2OS/c1-23(2)13-7-12-22(25)18-8-3-4-9-20(18)26-21-11-10-17(16-19(21)22)24-14-5-6-15-24/h3-4,8-11,16,25H,5-7,12-15H2,1-2H3/t22-/m0/s1. The third-order valence-electron chi connectivity index (χ3n) is 5.58. The number of fused-ring (bicyclic) bond motifs is 2. The lowest BCUT2D eigenvalue weighted by Gasteiger charge is -2.37. The fourth-order valence-electron chi connectivity index (χ4n) is 4.18. The van der Waals surface area contributed by atoms with Crippen LogP contribution in [-0.4, -0.2) is 43.7 Å². The van der Waals surface area contributed by atoms with Crippen LogP contribution in [0.1, 0.15) is 36.8 Å². The van der Waals surface area contributed by atoms with E-state index in [4.69, 9.17) is 0 Å². The normalized spacial score (nSPS) is 21.8. The van der Waals surface area contributed by atoms with Gasteiger partial charge in [0.15, 0.2) is 0 Å². The third-order valence-corrected chi connectivity index (χ3v) is 6.73. The Bertz CT molecular complexity index is 785. The van der Waals surface area contributed by atoms with E-state index in [1.54, 1.807) is 11.8 Å². The van der Waals surface area contributed by atoms with Crippen LogP contribution in [0.2, 0.25) is 0 Å². The van der Waals surface area contributed by atoms with Crippen LogP contribution in [0.3, 0.4) is 0 Å². The van der Waals surface area contributed by atoms with Crippen molar-refractivity contribution < 1.29 is 5.11 Å². The summed E-state index contributed by atoms with van der Waals surface area (Å²) in [4.78, 5) is 7.01. The molecule has 0 amide bonds. The molecular weight excluding hydrogens is 340 g/mol. The first-order valence-electron chi connectivity index (χ1n) is 9.62. The second-order valence-electron chi connectivity index (χ2n) is 7.74. The van der Waals surface area contributed by atoms with Gasteiger partial charge in [-0.1, -0.05) is 30.0 Å². The van der Waals surface area contributed by atoms with Crippen molar-refractivity contribution in [2.75, 3.05) is 38.6 Å². The zero-order chi connectivity index (χ0) is 18.1. The zero-order valence-electron chi connectivity index (χ0n) is 15.7. The summed E-state index contributed by atoms with van der Waals surface area (Å²) in [5, 5.41) is 11.9. The number of aliphatic hydroxyl groups is 1. The summed E-state index contributed by atoms with van der Waals surface area (Å²) < 4.78 is 0. The number of nitrogens with zero attached hydrogens (tertiary/aromatic N) is 2. The number of hydrogen-bond acceptors (Lipinski definition) is 4. The average molecular weight is 369 g/mol. The molecule has 138 valence electrons. The topological polar surface area (TPSA) is 26.7 Å². The van der Waals surface area contributed by atoms with Gasteiger partial charge in [0.1, 0.15) is 5.60 Å². The highest BCUT2D eigenvalue weighted by molar-refractivity contribution is 7.99. The Hall–Kier alpha value is -1.49. The van der Waals surface area contributed by atoms with Gasteiger partial charge in [0.05, 0.1) is 0 Å². The smallest absolute Gasteiger partial charge is 0.117 e. The lowest BCUT2D eigenvalue weighted by Crippen LogP contribution is -2.32. The van der Waals surface area contributed by atoms with Crippen LogP contribution in [0.25, 0.3) is 0 Å². The van der Waals surface area contributed by atoms with Gasteiger partial charge in [-0.25, -0.2) is 0 Å². The summed E-state index contributed by atoms with van der Waals surface area (Å²) in [6.07, 6.45) is 4.25. The molecule has 0 radical (unpaired) electrons. The lowest BCUT2D eigenvalue weighted by molar-refractivity contribution is 0.0600. The Kier molecular flexibility index (Phi) is 5.00. The van der Waals surface area contributed by atoms with Crippen molar-refractivity contribution >= 4 is 17.4 Å². The first-order chi connectivity index (χ1) is 12.6. The maximum absolute atomic E-state index is 11.9. The molecule has 0 aromatic heterocycles. The van der Waals surface area contributed by atoms with Gasteiger partial charge in [-0.3, -0.25) is 0 Å². The summed E-state index contributed by atoms with van der Waals surface area (Å²) in [5.74, 6) is 0. The van der Waals surface area contributed by atoms with Crippen LogP contribution in [0.4, 0.5) is 5.69 Å². The van der Waals surface area contributed by atoms with Crippen molar-refractivity contribution in [2.45, 2.75) is 41.1 Å². The van der Waals surface area contributed by atoms with Gasteiger partial charge in [-0.2, -0.15) is 0 Å². The van der Waals surface area contributed by atoms with E-state index in [9.17, 15) is 5.11 Å². The van der Waals surface area contributed by atoms with Crippen LogP contribution >= 0.6 is 11.8 Å². The predicted molar refractivity (Wildman–Crippen MR) is 109 cm³/mol. The van der Waals surface area contributed by atoms with E-state index in [0.717, 1.165) is 43.6 Å². The molecular formula is C22H28N2OS. The second kappa shape index (κ2) is 7.26. The molecule has 0 unspecified atom stereocenters. The van der Waals surface area contributed by atoms with Crippen LogP contribution in [0, 0.1) is 0 Å². The molecule has 1 N–H and O–H groups in total. The molecule has 2 aliphatic heterocycles. The number of rotatable bonds is 5. The molecule has 0 spiro atoms. The maximum Gasteiger partial charge on any atom is 0.117 e. The molecule has 0 saturated carbocycles. The van der Waals surface area contributed by atoms with E-state index in [1.807, 2.05) is 6.07 Å². The van der Waals surface area contributed by atoms with Gasteiger partial charge in [0.25, 0.3) is 0 Å². The minimum Gasteiger partial charge on any atom is -0.380 e. The Labute approximate surface area is 161 Å². The quantitative estimate of drug-likeness (QED) is 0.850. The van der Waals surface area contributed by atoms with E-state index in [1.165, 1.54) is 28.3 Å². The average Bonchev–Trinajstić information content (AvgIpc) is 3.16. The molecule has 26 heavy (non-hydrogen) atoms. The van der Waals surface area contributed by atoms with E-state index in [0.29, 0.717) is 0 Å². The van der Waals surface area contributed by atoms with Crippen molar-refractivity contribution in [3.05, 3.63) is 53.6 Å². The van der Waals surface area contributed by atoms with E-state index < -0.39 is 5.60 Å². The molecule has 2 heterocycles. The third kappa shape index (κ3) is 3.26. The van der Waals surface area contributed by atoms with E-state index in [2.05, 4.69) is 60.3 Å². The highest BCUT2D eigenvalue weighted by Gasteiger charge is 2.39. The van der Waals surface area contributed by atoms with E-state index >= 15 is 0 Å². The fourth-order valence-corrected chi connectivity index (χ4v) is 5.39. The molecule has 1 saturated heterocycles. The van der Waals surface area contributed by atoms with Gasteiger partial charge >= 0.3 is 0 Å². The molecule has 4 rings (SSSR count). The lowest BCUT2D eigenvalue weighted by atomic mass is 9.81. The van der Waals surface area contributed by atoms with Crippen LogP contribution in [-0.2, 0) is 5.60 Å². The Morgan fingerprint density at radius 1 is 1.04 bits per heavy atom. The van der Waals surface area contributed by atoms with E-state index in [-0.39, 0.29) is 0 Å². The molecule has 3 nitrogen and oxygen atoms in total. The van der Waals surface area contributed by atoms with Crippen molar-refractivity contribution in [1.29, 1.82) is 0 Å². The van der Waals surface area contributed by atoms with Gasteiger partial charge in [0.2, 0.25) is 0 Å². The predicted octanol–water partition coefficient (Wildman–Crippen LogP) is 4.33. The number of anilines is 1. The molecule has 1 fully saturated rings. The SMILES string of the molecule is CN(C)CCC[C@]1(O)c2ccccc2Sc2ccc(N3CCCC3)cc21. The summed E-state index contributed by atoms with van der Waals surface area (Å²) in [6.45, 7) is 3.24. The monoisotopic (exact) mass is 368 g/mol. The largest absolute Gasteiger partial charge is 0.380 e. The number of benzene rings is 2. The minimum atomic E-state index is -0.900. The maximum atomic E-state index is 11.9. The molecule has 0 aliphatic carbocycles. The van der Waals surface area contributed by atoms with Crippen molar-refractivity contribution in [3.63, 3.8) is 0 Å². The second-order valence-corrected chi connectivity index (χ2v) is 8.82.